The summed E-state index contributed by atoms with van der Waals surface area (Å²) in [6.45, 7) is 0.775. The van der Waals surface area contributed by atoms with Gasteiger partial charge in [-0.15, -0.1) is 12.4 Å². The number of hydrogen-bond acceptors (Lipinski definition) is 8. The molecule has 0 aliphatic carbocycles. The van der Waals surface area contributed by atoms with Crippen molar-refractivity contribution in [3.63, 3.8) is 0 Å². The number of anilines is 1. The number of non-ortho nitro benzene ring substituents is 1. The highest BCUT2D eigenvalue weighted by atomic mass is 35.5. The molecule has 0 fully saturated rings. The minimum atomic E-state index is -3.78. The van der Waals surface area contributed by atoms with Crippen molar-refractivity contribution in [3.8, 4) is 0 Å². The first-order valence-electron chi connectivity index (χ1n) is 9.55. The van der Waals surface area contributed by atoms with Gasteiger partial charge in [0.05, 0.1) is 25.8 Å². The number of thiazole rings is 1. The molecule has 0 spiro atoms. The summed E-state index contributed by atoms with van der Waals surface area (Å²) >= 11 is 1.13. The Balaban J connectivity index is 0.00000385. The Labute approximate surface area is 200 Å². The topological polar surface area (TPSA) is 114 Å². The van der Waals surface area contributed by atoms with Gasteiger partial charge in [0.1, 0.15) is 5.82 Å². The van der Waals surface area contributed by atoms with E-state index in [9.17, 15) is 27.7 Å². The fourth-order valence-electron chi connectivity index (χ4n) is 2.87. The van der Waals surface area contributed by atoms with Gasteiger partial charge < -0.3 is 4.90 Å². The van der Waals surface area contributed by atoms with E-state index in [4.69, 9.17) is 0 Å². The first-order valence-corrected chi connectivity index (χ1v) is 12.0. The number of halogens is 2. The van der Waals surface area contributed by atoms with E-state index < -0.39 is 32.2 Å². The Kier molecular flexibility index (Phi) is 8.83. The molecule has 13 heteroatoms. The Bertz CT molecular complexity index is 1250. The van der Waals surface area contributed by atoms with Gasteiger partial charge in [0.25, 0.3) is 5.69 Å². The second-order valence-corrected chi connectivity index (χ2v) is 10.4. The van der Waals surface area contributed by atoms with Crippen molar-refractivity contribution in [2.24, 2.45) is 0 Å². The van der Waals surface area contributed by atoms with Gasteiger partial charge in [0, 0.05) is 31.6 Å². The first-order chi connectivity index (χ1) is 15.1. The molecule has 9 nitrogen and oxygen atoms in total. The summed E-state index contributed by atoms with van der Waals surface area (Å²) in [5.74, 6) is -1.43. The summed E-state index contributed by atoms with van der Waals surface area (Å²) in [7, 11) is -0.102. The number of fused-ring (bicyclic) bond motifs is 1. The predicted octanol–water partition coefficient (Wildman–Crippen LogP) is 3.52. The van der Waals surface area contributed by atoms with Crippen LogP contribution in [0.4, 0.5) is 15.2 Å². The number of benzene rings is 2. The molecule has 0 saturated heterocycles. The molecule has 3 aromatic rings. The highest BCUT2D eigenvalue weighted by molar-refractivity contribution is 7.91. The lowest BCUT2D eigenvalue weighted by Gasteiger charge is -2.22. The van der Waals surface area contributed by atoms with Gasteiger partial charge in [-0.1, -0.05) is 11.3 Å². The molecule has 2 aromatic carbocycles. The average Bonchev–Trinajstić information content (AvgIpc) is 3.15. The SMILES string of the molecule is CN(C)CCN(C(=O)CCS(=O)(=O)c1ccc(F)cc1)c1nc2ccc([N+](=O)[O-])cc2s1.Cl. The number of nitro groups is 1. The van der Waals surface area contributed by atoms with Crippen molar-refractivity contribution in [2.45, 2.75) is 11.3 Å². The second kappa shape index (κ2) is 11.0. The van der Waals surface area contributed by atoms with E-state index in [1.807, 2.05) is 19.0 Å². The highest BCUT2D eigenvalue weighted by Gasteiger charge is 2.24. The summed E-state index contributed by atoms with van der Waals surface area (Å²) in [6.07, 6.45) is -0.288. The number of rotatable bonds is 9. The molecule has 3 rings (SSSR count). The molecule has 0 aliphatic rings. The molecule has 1 aromatic heterocycles. The van der Waals surface area contributed by atoms with Crippen LogP contribution in [0.2, 0.25) is 0 Å². The molecule has 0 unspecified atom stereocenters. The fourth-order valence-corrected chi connectivity index (χ4v) is 5.15. The smallest absolute Gasteiger partial charge is 0.270 e. The molecular formula is C20H22ClFN4O5S2. The molecule has 0 radical (unpaired) electrons. The third-order valence-corrected chi connectivity index (χ3v) is 7.40. The van der Waals surface area contributed by atoms with Crippen molar-refractivity contribution in [1.82, 2.24) is 9.88 Å². The third kappa shape index (κ3) is 6.67. The summed E-state index contributed by atoms with van der Waals surface area (Å²) < 4.78 is 38.7. The average molecular weight is 517 g/mol. The van der Waals surface area contributed by atoms with Crippen LogP contribution in [0.25, 0.3) is 10.2 Å². The lowest BCUT2D eigenvalue weighted by molar-refractivity contribution is -0.384. The molecule has 0 aliphatic heterocycles. The van der Waals surface area contributed by atoms with Gasteiger partial charge in [0.2, 0.25) is 5.91 Å². The van der Waals surface area contributed by atoms with Crippen molar-refractivity contribution >= 4 is 60.5 Å². The van der Waals surface area contributed by atoms with E-state index in [2.05, 4.69) is 4.98 Å². The predicted molar refractivity (Wildman–Crippen MR) is 127 cm³/mol. The Morgan fingerprint density at radius 3 is 2.42 bits per heavy atom. The maximum absolute atomic E-state index is 13.1. The monoisotopic (exact) mass is 516 g/mol. The largest absolute Gasteiger partial charge is 0.308 e. The minimum Gasteiger partial charge on any atom is -0.308 e. The maximum atomic E-state index is 13.1. The van der Waals surface area contributed by atoms with Gasteiger partial charge in [-0.05, 0) is 44.4 Å². The second-order valence-electron chi connectivity index (χ2n) is 7.28. The van der Waals surface area contributed by atoms with Crippen molar-refractivity contribution in [2.75, 3.05) is 37.8 Å². The quantitative estimate of drug-likeness (QED) is 0.243. The standard InChI is InChI=1S/C20H21FN4O5S2.ClH/c1-23(2)10-11-24(20-22-17-8-5-15(25(27)28)13-18(17)31-20)19(26)9-12-32(29,30)16-6-3-14(21)4-7-16;/h3-8,13H,9-12H2,1-2H3;1H. The van der Waals surface area contributed by atoms with Crippen LogP contribution in [-0.2, 0) is 14.6 Å². The van der Waals surface area contributed by atoms with Gasteiger partial charge in [0.15, 0.2) is 15.0 Å². The number of likely N-dealkylation sites (N-methyl/N-ethyl adjacent to an activating group) is 1. The highest BCUT2D eigenvalue weighted by Crippen LogP contribution is 2.31. The third-order valence-electron chi connectivity index (χ3n) is 4.63. The zero-order valence-corrected chi connectivity index (χ0v) is 20.3. The molecule has 1 heterocycles. The zero-order valence-electron chi connectivity index (χ0n) is 17.8. The Morgan fingerprint density at radius 1 is 1.15 bits per heavy atom. The normalized spacial score (nSPS) is 11.4. The Morgan fingerprint density at radius 2 is 1.82 bits per heavy atom. The van der Waals surface area contributed by atoms with E-state index in [1.165, 1.54) is 35.2 Å². The minimum absolute atomic E-state index is 0. The number of nitrogens with zero attached hydrogens (tertiary/aromatic N) is 4. The molecule has 178 valence electrons. The van der Waals surface area contributed by atoms with E-state index in [1.54, 1.807) is 0 Å². The summed E-state index contributed by atoms with van der Waals surface area (Å²) in [5, 5.41) is 11.4. The summed E-state index contributed by atoms with van der Waals surface area (Å²) in [4.78, 5) is 31.1. The van der Waals surface area contributed by atoms with Crippen molar-refractivity contribution < 1.29 is 22.5 Å². The molecule has 33 heavy (non-hydrogen) atoms. The number of aromatic nitrogens is 1. The van der Waals surface area contributed by atoms with Crippen molar-refractivity contribution in [3.05, 3.63) is 58.4 Å². The fraction of sp³-hybridized carbons (Fsp3) is 0.300. The van der Waals surface area contributed by atoms with E-state index in [0.717, 1.165) is 23.5 Å². The number of sulfone groups is 1. The molecule has 0 N–H and O–H groups in total. The lowest BCUT2D eigenvalue weighted by atomic mass is 10.3. The Hall–Kier alpha value is -2.67. The van der Waals surface area contributed by atoms with Gasteiger partial charge in [-0.3, -0.25) is 19.8 Å². The molecular weight excluding hydrogens is 495 g/mol. The number of carbonyl (C=O) groups is 1. The van der Waals surface area contributed by atoms with Crippen LogP contribution in [0, 0.1) is 15.9 Å². The van der Waals surface area contributed by atoms with E-state index in [-0.39, 0.29) is 36.0 Å². The van der Waals surface area contributed by atoms with E-state index in [0.29, 0.717) is 21.9 Å². The van der Waals surface area contributed by atoms with Gasteiger partial charge >= 0.3 is 0 Å². The molecule has 0 saturated carbocycles. The summed E-state index contributed by atoms with van der Waals surface area (Å²) in [5.41, 5.74) is 0.432. The van der Waals surface area contributed by atoms with Crippen LogP contribution in [0.3, 0.4) is 0 Å². The van der Waals surface area contributed by atoms with E-state index >= 15 is 0 Å². The molecule has 1 amide bonds. The molecule has 0 bridgehead atoms. The number of nitro benzene ring substituents is 1. The number of hydrogen-bond donors (Lipinski definition) is 0. The van der Waals surface area contributed by atoms with Gasteiger partial charge in [-0.2, -0.15) is 0 Å². The molecule has 0 atom stereocenters. The van der Waals surface area contributed by atoms with Crippen LogP contribution in [0.15, 0.2) is 47.4 Å². The number of amides is 1. The van der Waals surface area contributed by atoms with Crippen LogP contribution in [0.5, 0.6) is 0 Å². The van der Waals surface area contributed by atoms with Crippen LogP contribution < -0.4 is 4.90 Å². The van der Waals surface area contributed by atoms with Crippen molar-refractivity contribution in [1.29, 1.82) is 0 Å². The number of carbonyl (C=O) groups excluding carboxylic acids is 1. The van der Waals surface area contributed by atoms with Crippen LogP contribution in [-0.4, -0.2) is 62.1 Å². The van der Waals surface area contributed by atoms with Crippen LogP contribution in [0.1, 0.15) is 6.42 Å². The zero-order chi connectivity index (χ0) is 23.5. The maximum Gasteiger partial charge on any atom is 0.270 e. The first kappa shape index (κ1) is 26.6. The van der Waals surface area contributed by atoms with Crippen LogP contribution >= 0.6 is 23.7 Å². The summed E-state index contributed by atoms with van der Waals surface area (Å²) in [6, 6.07) is 8.69. The van der Waals surface area contributed by atoms with Gasteiger partial charge in [-0.25, -0.2) is 17.8 Å². The lowest BCUT2D eigenvalue weighted by Crippen LogP contribution is -2.37.